The van der Waals surface area contributed by atoms with Crippen LogP contribution in [-0.4, -0.2) is 16.6 Å². The monoisotopic (exact) mass is 382 g/mol. The van der Waals surface area contributed by atoms with Crippen molar-refractivity contribution in [3.8, 4) is 16.9 Å². The van der Waals surface area contributed by atoms with Crippen LogP contribution in [0.2, 0.25) is 0 Å². The smallest absolute Gasteiger partial charge is 0.266 e. The lowest BCUT2D eigenvalue weighted by Crippen LogP contribution is -2.29. The molecule has 27 heavy (non-hydrogen) atoms. The highest BCUT2D eigenvalue weighted by molar-refractivity contribution is 7.17. The second-order valence-corrected chi connectivity index (χ2v) is 8.20. The van der Waals surface area contributed by atoms with E-state index >= 15 is 0 Å². The van der Waals surface area contributed by atoms with Gasteiger partial charge in [-0.1, -0.05) is 26.0 Å². The molecule has 6 heteroatoms. The second kappa shape index (κ2) is 6.18. The van der Waals surface area contributed by atoms with Crippen LogP contribution in [0.15, 0.2) is 46.6 Å². The average Bonchev–Trinajstić information content (AvgIpc) is 3.08. The number of aromatic amines is 1. The number of nitrogens with two attached hydrogens (primary N) is 1. The van der Waals surface area contributed by atoms with E-state index < -0.39 is 5.41 Å². The van der Waals surface area contributed by atoms with E-state index in [1.54, 1.807) is 18.2 Å². The normalized spacial score (nSPS) is 12.1. The van der Waals surface area contributed by atoms with Crippen molar-refractivity contribution in [1.29, 1.82) is 0 Å². The number of pyridine rings is 1. The van der Waals surface area contributed by atoms with E-state index in [2.05, 4.69) is 4.98 Å². The molecule has 138 valence electrons. The molecule has 0 spiro atoms. The molecule has 2 aromatic heterocycles. The summed E-state index contributed by atoms with van der Waals surface area (Å²) in [6, 6.07) is 9.91. The summed E-state index contributed by atoms with van der Waals surface area (Å²) in [4.78, 5) is 15.2. The topological polar surface area (TPSA) is 79.1 Å². The zero-order valence-corrected chi connectivity index (χ0v) is 15.8. The van der Waals surface area contributed by atoms with Crippen LogP contribution in [0.25, 0.3) is 32.1 Å². The molecule has 0 saturated heterocycles. The van der Waals surface area contributed by atoms with Gasteiger partial charge in [0.1, 0.15) is 16.3 Å². The number of phenolic OH excluding ortho intramolecular Hbond substituents is 1. The second-order valence-electron chi connectivity index (χ2n) is 7.32. The van der Waals surface area contributed by atoms with Crippen LogP contribution in [0.4, 0.5) is 4.39 Å². The number of halogens is 1. The van der Waals surface area contributed by atoms with E-state index in [-0.39, 0.29) is 17.1 Å². The van der Waals surface area contributed by atoms with Crippen LogP contribution >= 0.6 is 11.3 Å². The lowest BCUT2D eigenvalue weighted by Gasteiger charge is -2.23. The molecule has 0 aliphatic carbocycles. The first-order valence-electron chi connectivity index (χ1n) is 8.58. The first-order valence-corrected chi connectivity index (χ1v) is 9.46. The fraction of sp³-hybridized carbons (Fsp3) is 0.190. The lowest BCUT2D eigenvalue weighted by atomic mass is 9.83. The van der Waals surface area contributed by atoms with Crippen LogP contribution in [-0.2, 0) is 5.41 Å². The summed E-state index contributed by atoms with van der Waals surface area (Å²) in [6.07, 6.45) is 0. The van der Waals surface area contributed by atoms with Gasteiger partial charge in [-0.25, -0.2) is 4.39 Å². The van der Waals surface area contributed by atoms with Gasteiger partial charge >= 0.3 is 0 Å². The summed E-state index contributed by atoms with van der Waals surface area (Å²) >= 11 is 1.31. The Morgan fingerprint density at radius 3 is 2.70 bits per heavy atom. The molecular weight excluding hydrogens is 363 g/mol. The van der Waals surface area contributed by atoms with Gasteiger partial charge in [-0.2, -0.15) is 0 Å². The molecule has 0 aliphatic heterocycles. The number of thiophene rings is 1. The Bertz CT molecular complexity index is 1240. The Balaban J connectivity index is 2.00. The van der Waals surface area contributed by atoms with Gasteiger partial charge < -0.3 is 15.8 Å². The third-order valence-corrected chi connectivity index (χ3v) is 6.02. The number of aromatic nitrogens is 1. The van der Waals surface area contributed by atoms with Crippen molar-refractivity contribution in [3.63, 3.8) is 0 Å². The minimum atomic E-state index is -0.463. The largest absolute Gasteiger partial charge is 0.508 e. The van der Waals surface area contributed by atoms with E-state index in [0.29, 0.717) is 27.9 Å². The first-order chi connectivity index (χ1) is 12.8. The number of rotatable bonds is 3. The number of phenols is 1. The van der Waals surface area contributed by atoms with Gasteiger partial charge in [0.2, 0.25) is 0 Å². The fourth-order valence-electron chi connectivity index (χ4n) is 3.37. The highest BCUT2D eigenvalue weighted by Crippen LogP contribution is 2.38. The first kappa shape index (κ1) is 17.7. The molecule has 0 fully saturated rings. The van der Waals surface area contributed by atoms with Crippen molar-refractivity contribution in [2.45, 2.75) is 19.3 Å². The molecule has 0 amide bonds. The van der Waals surface area contributed by atoms with Gasteiger partial charge in [-0.3, -0.25) is 4.79 Å². The standard InChI is InChI=1S/C21H19FN2O2S/c1-21(2,10-23)15-5-3-11(7-16(15)22)14-9-27-19-18(14)13-8-12(25)4-6-17(13)24-20(19)26/h3-9,25H,10,23H2,1-2H3,(H,24,26). The molecule has 2 aromatic carbocycles. The molecule has 2 heterocycles. The zero-order chi connectivity index (χ0) is 19.3. The molecule has 0 bridgehead atoms. The fourth-order valence-corrected chi connectivity index (χ4v) is 4.36. The van der Waals surface area contributed by atoms with E-state index in [4.69, 9.17) is 5.73 Å². The highest BCUT2D eigenvalue weighted by atomic mass is 32.1. The molecular formula is C21H19FN2O2S. The number of H-pyrrole nitrogens is 1. The SMILES string of the molecule is CC(C)(CN)c1ccc(-c2csc3c(=O)[nH]c4ccc(O)cc4c23)cc1F. The Morgan fingerprint density at radius 2 is 2.00 bits per heavy atom. The van der Waals surface area contributed by atoms with E-state index in [0.717, 1.165) is 16.3 Å². The number of hydrogen-bond acceptors (Lipinski definition) is 4. The minimum absolute atomic E-state index is 0.110. The van der Waals surface area contributed by atoms with Crippen LogP contribution in [0.5, 0.6) is 5.75 Å². The van der Waals surface area contributed by atoms with Gasteiger partial charge in [-0.15, -0.1) is 11.3 Å². The number of fused-ring (bicyclic) bond motifs is 3. The maximum Gasteiger partial charge on any atom is 0.266 e. The average molecular weight is 382 g/mol. The Morgan fingerprint density at radius 1 is 1.22 bits per heavy atom. The maximum absolute atomic E-state index is 14.8. The summed E-state index contributed by atoms with van der Waals surface area (Å²) in [5.74, 6) is -0.210. The molecule has 0 saturated carbocycles. The zero-order valence-electron chi connectivity index (χ0n) is 15.0. The molecule has 4 nitrogen and oxygen atoms in total. The van der Waals surface area contributed by atoms with Crippen LogP contribution in [0, 0.1) is 5.82 Å². The van der Waals surface area contributed by atoms with Crippen molar-refractivity contribution in [1.82, 2.24) is 4.98 Å². The van der Waals surface area contributed by atoms with Gasteiger partial charge in [0.05, 0.1) is 0 Å². The summed E-state index contributed by atoms with van der Waals surface area (Å²) in [6.45, 7) is 4.14. The Labute approximate surface area is 159 Å². The molecule has 4 N–H and O–H groups in total. The molecule has 0 radical (unpaired) electrons. The van der Waals surface area contributed by atoms with Crippen LogP contribution in [0.3, 0.4) is 0 Å². The quantitative estimate of drug-likeness (QED) is 0.488. The molecule has 4 aromatic rings. The minimum Gasteiger partial charge on any atom is -0.508 e. The van der Waals surface area contributed by atoms with Gasteiger partial charge in [0.25, 0.3) is 5.56 Å². The third-order valence-electron chi connectivity index (χ3n) is 5.04. The van der Waals surface area contributed by atoms with Crippen LogP contribution < -0.4 is 11.3 Å². The van der Waals surface area contributed by atoms with E-state index in [1.807, 2.05) is 25.3 Å². The number of nitrogens with one attached hydrogen (secondary N) is 1. The Kier molecular flexibility index (Phi) is 4.05. The predicted octanol–water partition coefficient (Wildman–Crippen LogP) is 4.49. The molecule has 0 aliphatic rings. The van der Waals surface area contributed by atoms with E-state index in [9.17, 15) is 14.3 Å². The molecule has 0 atom stereocenters. The number of benzene rings is 2. The van der Waals surface area contributed by atoms with Gasteiger partial charge in [0, 0.05) is 39.2 Å². The van der Waals surface area contributed by atoms with Crippen molar-refractivity contribution in [2.24, 2.45) is 5.73 Å². The summed E-state index contributed by atoms with van der Waals surface area (Å²) < 4.78 is 15.4. The van der Waals surface area contributed by atoms with Crippen LogP contribution in [0.1, 0.15) is 19.4 Å². The maximum atomic E-state index is 14.8. The van der Waals surface area contributed by atoms with Gasteiger partial charge in [-0.05, 0) is 35.4 Å². The Hall–Kier alpha value is -2.70. The number of aromatic hydroxyl groups is 1. The van der Waals surface area contributed by atoms with Crippen molar-refractivity contribution in [3.05, 3.63) is 63.5 Å². The molecule has 0 unspecified atom stereocenters. The summed E-state index contributed by atoms with van der Waals surface area (Å²) in [5.41, 5.74) is 7.77. The van der Waals surface area contributed by atoms with Crippen molar-refractivity contribution < 1.29 is 9.50 Å². The predicted molar refractivity (Wildman–Crippen MR) is 109 cm³/mol. The number of hydrogen-bond donors (Lipinski definition) is 3. The van der Waals surface area contributed by atoms with Crippen molar-refractivity contribution >= 4 is 32.3 Å². The summed E-state index contributed by atoms with van der Waals surface area (Å²) in [5, 5.41) is 13.2. The third kappa shape index (κ3) is 2.81. The molecule has 4 rings (SSSR count). The summed E-state index contributed by atoms with van der Waals surface area (Å²) in [7, 11) is 0. The van der Waals surface area contributed by atoms with Gasteiger partial charge in [0.15, 0.2) is 0 Å². The van der Waals surface area contributed by atoms with E-state index in [1.165, 1.54) is 23.5 Å². The lowest BCUT2D eigenvalue weighted by molar-refractivity contribution is 0.476. The van der Waals surface area contributed by atoms with Crippen molar-refractivity contribution in [2.75, 3.05) is 6.54 Å². The highest BCUT2D eigenvalue weighted by Gasteiger charge is 2.23.